The Bertz CT molecular complexity index is 622. The lowest BCUT2D eigenvalue weighted by molar-refractivity contribution is -0.462. The van der Waals surface area contributed by atoms with E-state index in [0.717, 1.165) is 0 Å². The zero-order valence-corrected chi connectivity index (χ0v) is 14.9. The Hall–Kier alpha value is -0.600. The summed E-state index contributed by atoms with van der Waals surface area (Å²) in [5.41, 5.74) is 0. The van der Waals surface area contributed by atoms with Gasteiger partial charge in [0, 0.05) is 0 Å². The van der Waals surface area contributed by atoms with Gasteiger partial charge < -0.3 is 0 Å². The quantitative estimate of drug-likeness (QED) is 0.153. The average molecular weight is 610 g/mol. The van der Waals surface area contributed by atoms with Gasteiger partial charge in [0.15, 0.2) is 0 Å². The maximum Gasteiger partial charge on any atom is 0.460 e. The van der Waals surface area contributed by atoms with Crippen molar-refractivity contribution in [2.45, 2.75) is 58.0 Å². The molecule has 0 amide bonds. The molecule has 0 atom stereocenters. The maximum absolute atomic E-state index is 13.2. The lowest BCUT2D eigenvalue weighted by atomic mass is 9.88. The van der Waals surface area contributed by atoms with Crippen molar-refractivity contribution in [3.8, 4) is 0 Å². The van der Waals surface area contributed by atoms with Crippen LogP contribution >= 0.6 is 22.6 Å². The van der Waals surface area contributed by atoms with Crippen LogP contribution in [-0.2, 0) is 0 Å². The maximum atomic E-state index is 13.2. The molecule has 0 fully saturated rings. The molecule has 0 saturated carbocycles. The number of alkyl halides is 20. The molecule has 0 radical (unpaired) electrons. The molecule has 0 spiro atoms. The van der Waals surface area contributed by atoms with Crippen molar-refractivity contribution in [3.05, 3.63) is 0 Å². The summed E-state index contributed by atoms with van der Waals surface area (Å²) >= 11 is -0.432. The lowest BCUT2D eigenvalue weighted by Gasteiger charge is -2.43. The van der Waals surface area contributed by atoms with Crippen LogP contribution in [0.25, 0.3) is 0 Å². The van der Waals surface area contributed by atoms with Crippen molar-refractivity contribution in [2.75, 3.05) is 0 Å². The van der Waals surface area contributed by atoms with E-state index in [1.165, 1.54) is 0 Å². The second kappa shape index (κ2) is 7.20. The molecule has 0 aromatic heterocycles. The molecular formula is C10H2F19I. The van der Waals surface area contributed by atoms with Crippen LogP contribution in [0.3, 0.4) is 0 Å². The Kier molecular flexibility index (Phi) is 7.06. The third-order valence-corrected chi connectivity index (χ3v) is 3.59. The minimum absolute atomic E-state index is 0.432. The largest absolute Gasteiger partial charge is 0.460 e. The second-order valence-corrected chi connectivity index (χ2v) is 7.02. The molecule has 0 aromatic rings. The van der Waals surface area contributed by atoms with Gasteiger partial charge in [-0.2, -0.15) is 83.4 Å². The highest BCUT2D eigenvalue weighted by Crippen LogP contribution is 2.64. The standard InChI is InChI=1S/C10H2F19I/c11-2(12,1-3(13,14)30)4(15,16)5(17,18)6(19,20)7(21,22)8(23,24)9(25,26)10(27,28)29/h1H2. The van der Waals surface area contributed by atoms with Gasteiger partial charge in [-0.15, -0.1) is 0 Å². The van der Waals surface area contributed by atoms with E-state index in [1.807, 2.05) is 0 Å². The van der Waals surface area contributed by atoms with Gasteiger partial charge in [0.25, 0.3) is 0 Å². The summed E-state index contributed by atoms with van der Waals surface area (Å²) in [4.78, 5) is 0. The summed E-state index contributed by atoms with van der Waals surface area (Å²) in [7, 11) is 0. The molecule has 0 heterocycles. The Morgan fingerprint density at radius 3 is 0.833 bits per heavy atom. The zero-order chi connectivity index (χ0) is 25.2. The molecular weight excluding hydrogens is 608 g/mol. The molecule has 20 heteroatoms. The van der Waals surface area contributed by atoms with Crippen LogP contribution in [0.2, 0.25) is 0 Å². The molecule has 0 unspecified atom stereocenters. The smallest absolute Gasteiger partial charge is 0.199 e. The van der Waals surface area contributed by atoms with Crippen molar-refractivity contribution in [1.29, 1.82) is 0 Å². The zero-order valence-electron chi connectivity index (χ0n) is 12.8. The van der Waals surface area contributed by atoms with E-state index in [-0.39, 0.29) is 0 Å². The molecule has 0 aliphatic carbocycles. The highest BCUT2D eigenvalue weighted by Gasteiger charge is 2.95. The van der Waals surface area contributed by atoms with Gasteiger partial charge in [0.2, 0.25) is 0 Å². The van der Waals surface area contributed by atoms with E-state index in [1.54, 1.807) is 0 Å². The van der Waals surface area contributed by atoms with Crippen LogP contribution in [0, 0.1) is 0 Å². The predicted octanol–water partition coefficient (Wildman–Crippen LogP) is 7.41. The molecule has 0 rings (SSSR count). The first-order chi connectivity index (χ1) is 12.5. The number of hydrogen-bond donors (Lipinski definition) is 0. The van der Waals surface area contributed by atoms with E-state index in [4.69, 9.17) is 0 Å². The van der Waals surface area contributed by atoms with Crippen LogP contribution in [0.5, 0.6) is 0 Å². The summed E-state index contributed by atoms with van der Waals surface area (Å²) in [6, 6.07) is 0. The highest BCUT2D eigenvalue weighted by molar-refractivity contribution is 14.1. The summed E-state index contributed by atoms with van der Waals surface area (Å²) in [6.07, 6.45) is -11.6. The number of hydrogen-bond acceptors (Lipinski definition) is 0. The molecule has 0 aliphatic heterocycles. The van der Waals surface area contributed by atoms with Crippen molar-refractivity contribution in [1.82, 2.24) is 0 Å². The van der Waals surface area contributed by atoms with Crippen molar-refractivity contribution in [3.63, 3.8) is 0 Å². The van der Waals surface area contributed by atoms with Crippen molar-refractivity contribution >= 4 is 22.6 Å². The van der Waals surface area contributed by atoms with Crippen LogP contribution < -0.4 is 0 Å². The predicted molar refractivity (Wildman–Crippen MR) is 64.3 cm³/mol. The molecule has 30 heavy (non-hydrogen) atoms. The van der Waals surface area contributed by atoms with E-state index < -0.39 is 80.6 Å². The van der Waals surface area contributed by atoms with Crippen LogP contribution in [0.15, 0.2) is 0 Å². The topological polar surface area (TPSA) is 0 Å². The highest BCUT2D eigenvalue weighted by atomic mass is 127. The van der Waals surface area contributed by atoms with Crippen molar-refractivity contribution in [2.24, 2.45) is 0 Å². The third-order valence-electron chi connectivity index (χ3n) is 3.21. The van der Waals surface area contributed by atoms with Crippen molar-refractivity contribution < 1.29 is 83.4 Å². The first kappa shape index (κ1) is 29.4. The molecule has 0 N–H and O–H groups in total. The Balaban J connectivity index is 6.70. The van der Waals surface area contributed by atoms with Gasteiger partial charge in [-0.3, -0.25) is 0 Å². The normalized spacial score (nSPS) is 16.8. The van der Waals surface area contributed by atoms with Gasteiger partial charge in [-0.1, -0.05) is 0 Å². The van der Waals surface area contributed by atoms with Crippen LogP contribution in [0.1, 0.15) is 6.42 Å². The summed E-state index contributed by atoms with van der Waals surface area (Å²) < 4.78 is 237. The molecule has 0 aromatic carbocycles. The Morgan fingerprint density at radius 2 is 0.600 bits per heavy atom. The minimum atomic E-state index is -8.77. The van der Waals surface area contributed by atoms with Gasteiger partial charge >= 0.3 is 51.6 Å². The molecule has 182 valence electrons. The SMILES string of the molecule is FC(F)(I)CC(F)(F)C(F)(F)C(F)(F)C(F)(F)C(F)(F)C(F)(F)C(F)(F)C(F)(F)F. The summed E-state index contributed by atoms with van der Waals surface area (Å²) in [6.45, 7) is 0. The average Bonchev–Trinajstić information content (AvgIpc) is 2.41. The van der Waals surface area contributed by atoms with Crippen LogP contribution in [0.4, 0.5) is 83.4 Å². The van der Waals surface area contributed by atoms with E-state index in [2.05, 4.69) is 0 Å². The molecule has 0 aliphatic rings. The number of rotatable bonds is 8. The minimum Gasteiger partial charge on any atom is -0.199 e. The van der Waals surface area contributed by atoms with Crippen LogP contribution in [-0.4, -0.2) is 51.6 Å². The Morgan fingerprint density at radius 1 is 0.367 bits per heavy atom. The van der Waals surface area contributed by atoms with Gasteiger partial charge in [-0.05, 0) is 22.6 Å². The fourth-order valence-corrected chi connectivity index (χ4v) is 2.04. The van der Waals surface area contributed by atoms with Gasteiger partial charge in [0.1, 0.15) is 0 Å². The summed E-state index contributed by atoms with van der Waals surface area (Å²) in [5, 5.41) is 0. The molecule has 0 nitrogen and oxygen atoms in total. The monoisotopic (exact) mass is 610 g/mol. The van der Waals surface area contributed by atoms with E-state index in [0.29, 0.717) is 0 Å². The fourth-order valence-electron chi connectivity index (χ4n) is 1.56. The third kappa shape index (κ3) is 4.08. The van der Waals surface area contributed by atoms with E-state index in [9.17, 15) is 83.4 Å². The number of halogens is 20. The summed E-state index contributed by atoms with van der Waals surface area (Å²) in [5.74, 6) is -58.1. The van der Waals surface area contributed by atoms with Gasteiger partial charge in [0.05, 0.1) is 6.42 Å². The first-order valence-electron chi connectivity index (χ1n) is 6.24. The van der Waals surface area contributed by atoms with E-state index >= 15 is 0 Å². The fraction of sp³-hybridized carbons (Fsp3) is 1.00. The first-order valence-corrected chi connectivity index (χ1v) is 7.32. The molecule has 0 bridgehead atoms. The second-order valence-electron chi connectivity index (χ2n) is 5.44. The lowest BCUT2D eigenvalue weighted by Crippen LogP contribution is -2.74. The molecule has 0 saturated heterocycles. The Labute approximate surface area is 164 Å². The van der Waals surface area contributed by atoms with Gasteiger partial charge in [-0.25, -0.2) is 0 Å².